The third-order valence-electron chi connectivity index (χ3n) is 1.24. The second-order valence-corrected chi connectivity index (χ2v) is 4.71. The predicted molar refractivity (Wildman–Crippen MR) is 39.6 cm³/mol. The molecular formula is C7H6BiF3. The molecule has 0 N–H and O–H groups in total. The zero-order chi connectivity index (χ0) is 8.48. The molecule has 0 aliphatic rings. The van der Waals surface area contributed by atoms with Crippen molar-refractivity contribution in [2.75, 3.05) is 0 Å². The molecule has 0 fully saturated rings. The summed E-state index contributed by atoms with van der Waals surface area (Å²) in [5, 5.41) is 0. The number of alkyl halides is 3. The van der Waals surface area contributed by atoms with E-state index in [2.05, 4.69) is 0 Å². The van der Waals surface area contributed by atoms with E-state index in [1.165, 1.54) is 12.1 Å². The number of hydrogen-bond donors (Lipinski definition) is 0. The zero-order valence-corrected chi connectivity index (χ0v) is 10.0. The fraction of sp³-hybridized carbons (Fsp3) is 0.143. The van der Waals surface area contributed by atoms with Crippen LogP contribution >= 0.6 is 0 Å². The summed E-state index contributed by atoms with van der Waals surface area (Å²) in [5.41, 5.74) is -0.568. The van der Waals surface area contributed by atoms with Gasteiger partial charge in [-0.3, -0.25) is 0 Å². The molecule has 0 bridgehead atoms. The minimum atomic E-state index is -4.20. The van der Waals surface area contributed by atoms with E-state index >= 15 is 0 Å². The Balaban J connectivity index is 2.99. The summed E-state index contributed by atoms with van der Waals surface area (Å²) in [7, 11) is 0. The van der Waals surface area contributed by atoms with Crippen LogP contribution in [0.25, 0.3) is 0 Å². The molecule has 1 aromatic carbocycles. The van der Waals surface area contributed by atoms with Crippen LogP contribution in [-0.4, -0.2) is 24.7 Å². The molecule has 0 spiro atoms. The van der Waals surface area contributed by atoms with Crippen LogP contribution < -0.4 is 3.27 Å². The van der Waals surface area contributed by atoms with Gasteiger partial charge in [0.05, 0.1) is 0 Å². The Hall–Kier alpha value is -0.107. The number of rotatable bonds is 0. The van der Waals surface area contributed by atoms with Gasteiger partial charge in [0, 0.05) is 0 Å². The van der Waals surface area contributed by atoms with Crippen LogP contribution in [0.1, 0.15) is 5.56 Å². The van der Waals surface area contributed by atoms with Gasteiger partial charge in [-0.1, -0.05) is 0 Å². The third kappa shape index (κ3) is 2.44. The van der Waals surface area contributed by atoms with Gasteiger partial charge in [-0.25, -0.2) is 0 Å². The predicted octanol–water partition coefficient (Wildman–Crippen LogP) is 0.964. The molecule has 1 rings (SSSR count). The van der Waals surface area contributed by atoms with Crippen molar-refractivity contribution in [3.8, 4) is 0 Å². The first-order valence-electron chi connectivity index (χ1n) is 2.93. The van der Waals surface area contributed by atoms with E-state index in [0.717, 1.165) is 15.4 Å². The number of benzene rings is 1. The second-order valence-electron chi connectivity index (χ2n) is 2.12. The van der Waals surface area contributed by atoms with Crippen LogP contribution in [0.4, 0.5) is 13.2 Å². The van der Waals surface area contributed by atoms with E-state index in [0.29, 0.717) is 24.7 Å². The molecule has 0 aliphatic carbocycles. The Bertz CT molecular complexity index is 237. The van der Waals surface area contributed by atoms with Crippen LogP contribution in [0, 0.1) is 0 Å². The first-order valence-corrected chi connectivity index (χ1v) is 5.17. The SMILES string of the molecule is FC(F)(F)c1cc[c]([BiH2])cc1. The average Bonchev–Trinajstić information content (AvgIpc) is 1.86. The molecule has 0 heterocycles. The summed E-state index contributed by atoms with van der Waals surface area (Å²) in [6, 6.07) is 5.28. The number of halogens is 3. The molecule has 0 saturated heterocycles. The Morgan fingerprint density at radius 1 is 1.00 bits per heavy atom. The van der Waals surface area contributed by atoms with Gasteiger partial charge in [0.1, 0.15) is 0 Å². The zero-order valence-electron chi connectivity index (χ0n) is 5.52. The normalized spacial score (nSPS) is 11.6. The first-order chi connectivity index (χ1) is 5.00. The molecule has 0 radical (unpaired) electrons. The van der Waals surface area contributed by atoms with Crippen LogP contribution in [0.3, 0.4) is 0 Å². The van der Waals surface area contributed by atoms with Crippen molar-refractivity contribution in [2.45, 2.75) is 6.18 Å². The summed E-state index contributed by atoms with van der Waals surface area (Å²) in [6.07, 6.45) is -4.20. The monoisotopic (exact) mass is 356 g/mol. The Kier molecular flexibility index (Phi) is 2.53. The van der Waals surface area contributed by atoms with Crippen LogP contribution in [0.5, 0.6) is 0 Å². The average molecular weight is 356 g/mol. The summed E-state index contributed by atoms with van der Waals surface area (Å²) >= 11 is 0.599. The summed E-state index contributed by atoms with van der Waals surface area (Å²) in [4.78, 5) is 0. The Morgan fingerprint density at radius 3 is 1.82 bits per heavy atom. The van der Waals surface area contributed by atoms with E-state index in [1.54, 1.807) is 0 Å². The summed E-state index contributed by atoms with van der Waals surface area (Å²) < 4.78 is 36.8. The summed E-state index contributed by atoms with van der Waals surface area (Å²) in [5.74, 6) is 0. The molecule has 60 valence electrons. The van der Waals surface area contributed by atoms with Crippen molar-refractivity contribution in [3.05, 3.63) is 29.8 Å². The second kappa shape index (κ2) is 3.10. The van der Waals surface area contributed by atoms with Gasteiger partial charge in [0.15, 0.2) is 0 Å². The molecule has 0 amide bonds. The molecule has 0 nitrogen and oxygen atoms in total. The van der Waals surface area contributed by atoms with Crippen LogP contribution in [0.2, 0.25) is 0 Å². The molecule has 0 atom stereocenters. The van der Waals surface area contributed by atoms with Gasteiger partial charge < -0.3 is 0 Å². The van der Waals surface area contributed by atoms with Crippen molar-refractivity contribution in [3.63, 3.8) is 0 Å². The molecular weight excluding hydrogens is 350 g/mol. The van der Waals surface area contributed by atoms with E-state index in [-0.39, 0.29) is 0 Å². The van der Waals surface area contributed by atoms with Gasteiger partial charge >= 0.3 is 77.2 Å². The molecule has 0 unspecified atom stereocenters. The Labute approximate surface area is 77.3 Å². The van der Waals surface area contributed by atoms with E-state index < -0.39 is 11.7 Å². The van der Waals surface area contributed by atoms with Gasteiger partial charge in [0.25, 0.3) is 0 Å². The third-order valence-corrected chi connectivity index (χ3v) is 2.73. The van der Waals surface area contributed by atoms with Crippen molar-refractivity contribution in [1.29, 1.82) is 0 Å². The van der Waals surface area contributed by atoms with E-state index in [4.69, 9.17) is 0 Å². The number of hydrogen-bond acceptors (Lipinski definition) is 0. The van der Waals surface area contributed by atoms with E-state index in [1.807, 2.05) is 0 Å². The van der Waals surface area contributed by atoms with Gasteiger partial charge in [-0.15, -0.1) is 0 Å². The van der Waals surface area contributed by atoms with Crippen molar-refractivity contribution in [2.24, 2.45) is 0 Å². The standard InChI is InChI=1S/C7H4F3.Bi.2H/c8-7(9,10)6-4-2-1-3-5-6;;;/h2-5H;;;. The molecule has 11 heavy (non-hydrogen) atoms. The van der Waals surface area contributed by atoms with Crippen molar-refractivity contribution in [1.82, 2.24) is 0 Å². The van der Waals surface area contributed by atoms with Gasteiger partial charge in [-0.05, 0) is 0 Å². The maximum absolute atomic E-state index is 11.9. The minimum absolute atomic E-state index is 0.568. The molecule has 0 saturated carbocycles. The molecule has 4 heteroatoms. The van der Waals surface area contributed by atoms with Crippen molar-refractivity contribution < 1.29 is 13.2 Å². The summed E-state index contributed by atoms with van der Waals surface area (Å²) in [6.45, 7) is 0. The molecule has 0 aliphatic heterocycles. The molecule has 1 aromatic rings. The van der Waals surface area contributed by atoms with Gasteiger partial charge in [0.2, 0.25) is 0 Å². The van der Waals surface area contributed by atoms with E-state index in [9.17, 15) is 13.2 Å². The topological polar surface area (TPSA) is 0 Å². The first kappa shape index (κ1) is 8.98. The quantitative estimate of drug-likeness (QED) is 0.608. The maximum atomic E-state index is 11.9. The Morgan fingerprint density at radius 2 is 1.45 bits per heavy atom. The molecule has 0 aromatic heterocycles. The van der Waals surface area contributed by atoms with Gasteiger partial charge in [-0.2, -0.15) is 0 Å². The van der Waals surface area contributed by atoms with Crippen molar-refractivity contribution >= 4 is 28.0 Å². The fourth-order valence-electron chi connectivity index (χ4n) is 0.672. The van der Waals surface area contributed by atoms with Crippen LogP contribution in [-0.2, 0) is 6.18 Å². The fourth-order valence-corrected chi connectivity index (χ4v) is 1.42. The van der Waals surface area contributed by atoms with Crippen LogP contribution in [0.15, 0.2) is 24.3 Å².